The van der Waals surface area contributed by atoms with Crippen LogP contribution >= 0.6 is 11.6 Å². The molecule has 2 heterocycles. The second-order valence-electron chi connectivity index (χ2n) is 3.74. The third-order valence-electron chi connectivity index (χ3n) is 2.64. The summed E-state index contributed by atoms with van der Waals surface area (Å²) in [6, 6.07) is 13.6. The molecular formula is C14H9ClN2. The molecular weight excluding hydrogens is 232 g/mol. The van der Waals surface area contributed by atoms with Crippen LogP contribution in [0, 0.1) is 0 Å². The van der Waals surface area contributed by atoms with E-state index in [1.807, 2.05) is 42.5 Å². The van der Waals surface area contributed by atoms with Crippen molar-refractivity contribution in [2.24, 2.45) is 0 Å². The van der Waals surface area contributed by atoms with Crippen LogP contribution in [-0.2, 0) is 0 Å². The van der Waals surface area contributed by atoms with Crippen molar-refractivity contribution in [3.8, 4) is 11.3 Å². The van der Waals surface area contributed by atoms with Crippen LogP contribution in [0.3, 0.4) is 0 Å². The lowest BCUT2D eigenvalue weighted by molar-refractivity contribution is 1.32. The van der Waals surface area contributed by atoms with Crippen LogP contribution in [0.1, 0.15) is 0 Å². The van der Waals surface area contributed by atoms with E-state index >= 15 is 0 Å². The van der Waals surface area contributed by atoms with E-state index in [1.54, 1.807) is 12.4 Å². The lowest BCUT2D eigenvalue weighted by atomic mass is 10.1. The van der Waals surface area contributed by atoms with Crippen LogP contribution < -0.4 is 0 Å². The van der Waals surface area contributed by atoms with Gasteiger partial charge >= 0.3 is 0 Å². The fourth-order valence-corrected chi connectivity index (χ4v) is 2.02. The molecule has 0 unspecified atom stereocenters. The van der Waals surface area contributed by atoms with E-state index in [1.165, 1.54) is 0 Å². The summed E-state index contributed by atoms with van der Waals surface area (Å²) in [5.74, 6) is 0. The number of benzene rings is 1. The van der Waals surface area contributed by atoms with Crippen molar-refractivity contribution in [1.29, 1.82) is 0 Å². The predicted octanol–water partition coefficient (Wildman–Crippen LogP) is 3.95. The number of pyridine rings is 2. The Labute approximate surface area is 104 Å². The summed E-state index contributed by atoms with van der Waals surface area (Å²) < 4.78 is 0. The number of rotatable bonds is 1. The minimum atomic E-state index is 0.716. The van der Waals surface area contributed by atoms with Gasteiger partial charge in [-0.1, -0.05) is 29.8 Å². The van der Waals surface area contributed by atoms with Gasteiger partial charge in [-0.15, -0.1) is 0 Å². The Kier molecular flexibility index (Phi) is 2.50. The topological polar surface area (TPSA) is 25.8 Å². The average molecular weight is 241 g/mol. The molecule has 1 aromatic carbocycles. The van der Waals surface area contributed by atoms with Crippen molar-refractivity contribution in [3.63, 3.8) is 0 Å². The molecule has 2 nitrogen and oxygen atoms in total. The minimum Gasteiger partial charge on any atom is -0.264 e. The molecule has 0 radical (unpaired) electrons. The first-order valence-corrected chi connectivity index (χ1v) is 5.68. The van der Waals surface area contributed by atoms with Gasteiger partial charge in [0.15, 0.2) is 0 Å². The molecule has 0 atom stereocenters. The van der Waals surface area contributed by atoms with Crippen LogP contribution in [0.2, 0.25) is 5.02 Å². The number of fused-ring (bicyclic) bond motifs is 1. The molecule has 2 aromatic heterocycles. The summed E-state index contributed by atoms with van der Waals surface area (Å²) in [7, 11) is 0. The largest absolute Gasteiger partial charge is 0.264 e. The first-order chi connectivity index (χ1) is 8.34. The van der Waals surface area contributed by atoms with Crippen molar-refractivity contribution < 1.29 is 0 Å². The van der Waals surface area contributed by atoms with Gasteiger partial charge in [0.1, 0.15) is 0 Å². The normalized spacial score (nSPS) is 10.6. The number of hydrogen-bond donors (Lipinski definition) is 0. The maximum Gasteiger partial charge on any atom is 0.0740 e. The summed E-state index contributed by atoms with van der Waals surface area (Å²) >= 11 is 6.16. The number of halogens is 1. The summed E-state index contributed by atoms with van der Waals surface area (Å²) in [5.41, 5.74) is 2.76. The Balaban J connectivity index is 2.22. The van der Waals surface area contributed by atoms with Gasteiger partial charge in [-0.2, -0.15) is 0 Å². The molecule has 82 valence electrons. The molecule has 3 heteroatoms. The third-order valence-corrected chi connectivity index (χ3v) is 2.97. The zero-order valence-corrected chi connectivity index (χ0v) is 9.72. The monoisotopic (exact) mass is 240 g/mol. The fourth-order valence-electron chi connectivity index (χ4n) is 1.78. The molecule has 0 aliphatic rings. The maximum atomic E-state index is 6.16. The second-order valence-corrected chi connectivity index (χ2v) is 4.15. The Morgan fingerprint density at radius 1 is 0.941 bits per heavy atom. The standard InChI is InChI=1S/C14H9ClN2/c15-12-4-2-1-3-11(12)14-6-5-10-9-16-8-7-13(10)17-14/h1-9H. The predicted molar refractivity (Wildman–Crippen MR) is 70.0 cm³/mol. The van der Waals surface area contributed by atoms with E-state index in [0.717, 1.165) is 22.2 Å². The van der Waals surface area contributed by atoms with E-state index in [0.29, 0.717) is 5.02 Å². The van der Waals surface area contributed by atoms with Gasteiger partial charge in [-0.25, -0.2) is 4.98 Å². The molecule has 0 aliphatic heterocycles. The summed E-state index contributed by atoms with van der Waals surface area (Å²) in [4.78, 5) is 8.65. The molecule has 0 spiro atoms. The van der Waals surface area contributed by atoms with Crippen LogP contribution in [0.4, 0.5) is 0 Å². The van der Waals surface area contributed by atoms with E-state index < -0.39 is 0 Å². The lowest BCUT2D eigenvalue weighted by Gasteiger charge is -2.04. The highest BCUT2D eigenvalue weighted by molar-refractivity contribution is 6.33. The Morgan fingerprint density at radius 2 is 1.82 bits per heavy atom. The highest BCUT2D eigenvalue weighted by Crippen LogP contribution is 2.27. The smallest absolute Gasteiger partial charge is 0.0740 e. The summed E-state index contributed by atoms with van der Waals surface area (Å²) in [5, 5.41) is 1.75. The van der Waals surface area contributed by atoms with Gasteiger partial charge in [0.25, 0.3) is 0 Å². The van der Waals surface area contributed by atoms with Crippen molar-refractivity contribution >= 4 is 22.5 Å². The maximum absolute atomic E-state index is 6.16. The lowest BCUT2D eigenvalue weighted by Crippen LogP contribution is -1.86. The molecule has 0 bridgehead atoms. The Bertz CT molecular complexity index is 680. The average Bonchev–Trinajstić information content (AvgIpc) is 2.39. The zero-order valence-electron chi connectivity index (χ0n) is 8.97. The van der Waals surface area contributed by atoms with Crippen LogP contribution in [0.15, 0.2) is 54.9 Å². The first-order valence-electron chi connectivity index (χ1n) is 5.30. The van der Waals surface area contributed by atoms with E-state index in [9.17, 15) is 0 Å². The number of nitrogens with zero attached hydrogens (tertiary/aromatic N) is 2. The molecule has 0 fully saturated rings. The summed E-state index contributed by atoms with van der Waals surface area (Å²) in [6.45, 7) is 0. The van der Waals surface area contributed by atoms with Crippen molar-refractivity contribution in [2.75, 3.05) is 0 Å². The molecule has 0 saturated carbocycles. The van der Waals surface area contributed by atoms with Crippen molar-refractivity contribution in [3.05, 3.63) is 59.9 Å². The molecule has 17 heavy (non-hydrogen) atoms. The highest BCUT2D eigenvalue weighted by atomic mass is 35.5. The summed E-state index contributed by atoms with van der Waals surface area (Å²) in [6.07, 6.45) is 3.55. The third kappa shape index (κ3) is 1.87. The quantitative estimate of drug-likeness (QED) is 0.644. The van der Waals surface area contributed by atoms with Gasteiger partial charge in [0.2, 0.25) is 0 Å². The van der Waals surface area contributed by atoms with Gasteiger partial charge in [0, 0.05) is 28.4 Å². The molecule has 0 amide bonds. The fraction of sp³-hybridized carbons (Fsp3) is 0. The van der Waals surface area contributed by atoms with Gasteiger partial charge in [-0.3, -0.25) is 4.98 Å². The van der Waals surface area contributed by atoms with Crippen LogP contribution in [-0.4, -0.2) is 9.97 Å². The highest BCUT2D eigenvalue weighted by Gasteiger charge is 2.04. The molecule has 3 aromatic rings. The number of hydrogen-bond acceptors (Lipinski definition) is 2. The first kappa shape index (κ1) is 10.2. The molecule has 0 N–H and O–H groups in total. The zero-order chi connectivity index (χ0) is 11.7. The van der Waals surface area contributed by atoms with Crippen LogP contribution in [0.5, 0.6) is 0 Å². The molecule has 0 aliphatic carbocycles. The van der Waals surface area contributed by atoms with Gasteiger partial charge in [0.05, 0.1) is 11.2 Å². The van der Waals surface area contributed by atoms with Crippen molar-refractivity contribution in [1.82, 2.24) is 9.97 Å². The minimum absolute atomic E-state index is 0.716. The molecule has 0 saturated heterocycles. The van der Waals surface area contributed by atoms with Crippen LogP contribution in [0.25, 0.3) is 22.2 Å². The number of aromatic nitrogens is 2. The van der Waals surface area contributed by atoms with Gasteiger partial charge in [-0.05, 0) is 24.3 Å². The van der Waals surface area contributed by atoms with E-state index in [4.69, 9.17) is 11.6 Å². The van der Waals surface area contributed by atoms with Gasteiger partial charge < -0.3 is 0 Å². The van der Waals surface area contributed by atoms with E-state index in [-0.39, 0.29) is 0 Å². The molecule has 3 rings (SSSR count). The Hall–Kier alpha value is -1.93. The second kappa shape index (κ2) is 4.15. The van der Waals surface area contributed by atoms with E-state index in [2.05, 4.69) is 9.97 Å². The Morgan fingerprint density at radius 3 is 2.71 bits per heavy atom. The SMILES string of the molecule is Clc1ccccc1-c1ccc2cnccc2n1. The van der Waals surface area contributed by atoms with Crippen molar-refractivity contribution in [2.45, 2.75) is 0 Å².